The van der Waals surface area contributed by atoms with Crippen LogP contribution < -0.4 is 0 Å². The summed E-state index contributed by atoms with van der Waals surface area (Å²) in [6.45, 7) is 0. The molecule has 0 atom stereocenters. The number of rotatable bonds is 0. The molecule has 0 unspecified atom stereocenters. The van der Waals surface area contributed by atoms with E-state index in [0.29, 0.717) is 0 Å². The van der Waals surface area contributed by atoms with Crippen molar-refractivity contribution in [1.29, 1.82) is 0 Å². The van der Waals surface area contributed by atoms with E-state index in [9.17, 15) is 0 Å². The average Bonchev–Trinajstić information content (AvgIpc) is 0.811. The van der Waals surface area contributed by atoms with Gasteiger partial charge in [-0.1, -0.05) is 0 Å². The van der Waals surface area contributed by atoms with Crippen molar-refractivity contribution in [2.75, 3.05) is 0 Å². The molecule has 0 aromatic rings. The molecule has 0 aliphatic carbocycles. The summed E-state index contributed by atoms with van der Waals surface area (Å²) in [5.74, 6) is 0. The van der Waals surface area contributed by atoms with Gasteiger partial charge in [0.05, 0.1) is 0 Å². The van der Waals surface area contributed by atoms with Gasteiger partial charge in [0.1, 0.15) is 0 Å². The third kappa shape index (κ3) is 91.3. The summed E-state index contributed by atoms with van der Waals surface area (Å²) in [6.07, 6.45) is 0. The van der Waals surface area contributed by atoms with Crippen molar-refractivity contribution in [2.24, 2.45) is 0 Å². The molecule has 0 saturated carbocycles. The summed E-state index contributed by atoms with van der Waals surface area (Å²) in [6, 6.07) is 0. The minimum absolute atomic E-state index is 0. The second-order valence-corrected chi connectivity index (χ2v) is 0.692. The summed E-state index contributed by atoms with van der Waals surface area (Å²) < 4.78 is 22.8. The van der Waals surface area contributed by atoms with Crippen LogP contribution in [0, 0.1) is 0 Å². The van der Waals surface area contributed by atoms with Crippen molar-refractivity contribution >= 4 is 62.7 Å². The Balaban J connectivity index is -0.0000000150. The van der Waals surface area contributed by atoms with Gasteiger partial charge < -0.3 is 11.0 Å². The summed E-state index contributed by atoms with van der Waals surface area (Å²) >= 11 is -2.61. The predicted molar refractivity (Wildman–Crippen MR) is 27.8 cm³/mol. The van der Waals surface area contributed by atoms with E-state index in [2.05, 4.69) is 0 Å². The van der Waals surface area contributed by atoms with Gasteiger partial charge in [-0.05, 0) is 0 Å². The van der Waals surface area contributed by atoms with Crippen molar-refractivity contribution in [3.8, 4) is 0 Å². The molecule has 0 heterocycles. The molecule has 0 aliphatic rings. The van der Waals surface area contributed by atoms with Crippen molar-refractivity contribution in [3.05, 3.63) is 0 Å². The SMILES string of the molecule is O.O.O=S(O)O.[KH]. The standard InChI is InChI=1S/K.H2O3S.2H2O.H/c;1-4(2)3;;;/h;(H2,1,2,3);2*1H2;. The molecule has 0 spiro atoms. The molecule has 5 nitrogen and oxygen atoms in total. The molecule has 0 saturated heterocycles. The van der Waals surface area contributed by atoms with Gasteiger partial charge in [-0.25, -0.2) is 0 Å². The van der Waals surface area contributed by atoms with Crippen LogP contribution in [0.2, 0.25) is 0 Å². The Bertz CT molecular complexity index is 31.1. The first-order valence-electron chi connectivity index (χ1n) is 0.532. The van der Waals surface area contributed by atoms with E-state index in [0.717, 1.165) is 0 Å². The molecule has 7 heteroatoms. The zero-order chi connectivity index (χ0) is 3.58. The Hall–Kier alpha value is 1.63. The molecule has 6 N–H and O–H groups in total. The predicted octanol–water partition coefficient (Wildman–Crippen LogP) is -2.62. The Kier molecular flexibility index (Phi) is 52.4. The third-order valence-corrected chi connectivity index (χ3v) is 0. The molecule has 0 amide bonds. The van der Waals surface area contributed by atoms with Gasteiger partial charge >= 0.3 is 51.4 Å². The molecule has 0 aliphatic heterocycles. The van der Waals surface area contributed by atoms with Gasteiger partial charge in [-0.2, -0.15) is 4.21 Å². The maximum atomic E-state index is 8.67. The number of hydrogen-bond acceptors (Lipinski definition) is 1. The molecule has 0 bridgehead atoms. The van der Waals surface area contributed by atoms with Crippen LogP contribution in [0.15, 0.2) is 0 Å². The Labute approximate surface area is 85.6 Å². The van der Waals surface area contributed by atoms with E-state index in [1.165, 1.54) is 0 Å². The topological polar surface area (TPSA) is 121 Å². The van der Waals surface area contributed by atoms with Crippen molar-refractivity contribution in [2.45, 2.75) is 0 Å². The van der Waals surface area contributed by atoms with Crippen LogP contribution in [0.3, 0.4) is 0 Å². The van der Waals surface area contributed by atoms with E-state index in [4.69, 9.17) is 13.3 Å². The Morgan fingerprint density at radius 3 is 1.14 bits per heavy atom. The van der Waals surface area contributed by atoms with Crippen LogP contribution in [0.5, 0.6) is 0 Å². The first-order valence-corrected chi connectivity index (χ1v) is 1.60. The van der Waals surface area contributed by atoms with E-state index in [1.807, 2.05) is 0 Å². The van der Waals surface area contributed by atoms with E-state index in [-0.39, 0.29) is 62.3 Å². The van der Waals surface area contributed by atoms with Crippen molar-refractivity contribution in [3.63, 3.8) is 0 Å². The summed E-state index contributed by atoms with van der Waals surface area (Å²) in [4.78, 5) is 0. The molecule has 44 valence electrons. The average molecular weight is 158 g/mol. The summed E-state index contributed by atoms with van der Waals surface area (Å²) in [5, 5.41) is 0. The van der Waals surface area contributed by atoms with Gasteiger partial charge in [-0.3, -0.25) is 9.11 Å². The second-order valence-electron chi connectivity index (χ2n) is 0.231. The van der Waals surface area contributed by atoms with Gasteiger partial charge in [0.25, 0.3) is 11.4 Å². The zero-order valence-corrected chi connectivity index (χ0v) is 3.53. The first-order chi connectivity index (χ1) is 1.73. The maximum absolute atomic E-state index is 8.67. The molecular formula is H7KO5S. The fourth-order valence-corrected chi connectivity index (χ4v) is 0. The van der Waals surface area contributed by atoms with E-state index >= 15 is 0 Å². The van der Waals surface area contributed by atoms with Crippen molar-refractivity contribution in [1.82, 2.24) is 0 Å². The molecule has 0 rings (SSSR count). The van der Waals surface area contributed by atoms with Gasteiger partial charge in [0.2, 0.25) is 0 Å². The molecule has 7 heavy (non-hydrogen) atoms. The Morgan fingerprint density at radius 2 is 1.14 bits per heavy atom. The molecule has 0 aromatic heterocycles. The van der Waals surface area contributed by atoms with Crippen molar-refractivity contribution < 1.29 is 24.3 Å². The normalized spacial score (nSPS) is 5.00. The molecule has 0 aromatic carbocycles. The third-order valence-electron chi connectivity index (χ3n) is 0. The minimum atomic E-state index is -2.61. The van der Waals surface area contributed by atoms with Gasteiger partial charge in [0, 0.05) is 0 Å². The monoisotopic (exact) mass is 158 g/mol. The summed E-state index contributed by atoms with van der Waals surface area (Å²) in [5.41, 5.74) is 0. The van der Waals surface area contributed by atoms with Crippen LogP contribution >= 0.6 is 0 Å². The summed E-state index contributed by atoms with van der Waals surface area (Å²) in [7, 11) is 0. The fourth-order valence-electron chi connectivity index (χ4n) is 0. The fraction of sp³-hybridized carbons (Fsp3) is 0. The zero-order valence-electron chi connectivity index (χ0n) is 2.71. The molecule has 0 fully saturated rings. The van der Waals surface area contributed by atoms with Crippen LogP contribution in [0.25, 0.3) is 0 Å². The Morgan fingerprint density at radius 1 is 1.14 bits per heavy atom. The quantitative estimate of drug-likeness (QED) is 0.296. The van der Waals surface area contributed by atoms with E-state index in [1.54, 1.807) is 0 Å². The first kappa shape index (κ1) is 23.4. The van der Waals surface area contributed by atoms with Crippen LogP contribution in [0.4, 0.5) is 0 Å². The van der Waals surface area contributed by atoms with Crippen LogP contribution in [-0.2, 0) is 11.4 Å². The van der Waals surface area contributed by atoms with E-state index < -0.39 is 11.4 Å². The van der Waals surface area contributed by atoms with Crippen LogP contribution in [-0.4, -0.2) is 75.7 Å². The molecular weight excluding hydrogens is 151 g/mol. The molecule has 0 radical (unpaired) electrons. The van der Waals surface area contributed by atoms with Crippen LogP contribution in [0.1, 0.15) is 0 Å². The number of hydrogen-bond donors (Lipinski definition) is 2. The second kappa shape index (κ2) is 15.6. The van der Waals surface area contributed by atoms with Gasteiger partial charge in [-0.15, -0.1) is 0 Å². The van der Waals surface area contributed by atoms with Gasteiger partial charge in [0.15, 0.2) is 0 Å².